The van der Waals surface area contributed by atoms with Gasteiger partial charge in [0.25, 0.3) is 0 Å². The highest BCUT2D eigenvalue weighted by atomic mass is 19.4. The summed E-state index contributed by atoms with van der Waals surface area (Å²) < 4.78 is 38.8. The van der Waals surface area contributed by atoms with Crippen LogP contribution in [0.1, 0.15) is 25.5 Å². The number of benzene rings is 1. The lowest BCUT2D eigenvalue weighted by Crippen LogP contribution is -2.49. The molecule has 0 spiro atoms. The molecule has 96 valence electrons. The Bertz CT molecular complexity index is 349. The van der Waals surface area contributed by atoms with Gasteiger partial charge in [0, 0.05) is 5.54 Å². The quantitative estimate of drug-likeness (QED) is 0.857. The van der Waals surface area contributed by atoms with Crippen LogP contribution in [0.2, 0.25) is 0 Å². The predicted molar refractivity (Wildman–Crippen MR) is 59.5 cm³/mol. The van der Waals surface area contributed by atoms with Crippen molar-refractivity contribution in [2.45, 2.75) is 31.6 Å². The van der Waals surface area contributed by atoms with Gasteiger partial charge in [-0.2, -0.15) is 13.2 Å². The van der Waals surface area contributed by atoms with E-state index in [0.717, 1.165) is 0 Å². The highest BCUT2D eigenvalue weighted by molar-refractivity contribution is 5.21. The molecule has 1 rings (SSSR count). The molecule has 1 aromatic rings. The van der Waals surface area contributed by atoms with Gasteiger partial charge in [-0.25, -0.2) is 0 Å². The molecule has 0 radical (unpaired) electrons. The van der Waals surface area contributed by atoms with Crippen molar-refractivity contribution < 1.29 is 18.3 Å². The van der Waals surface area contributed by atoms with Crippen LogP contribution in [0.4, 0.5) is 13.2 Å². The summed E-state index contributed by atoms with van der Waals surface area (Å²) in [6, 6.07) is 5.83. The van der Waals surface area contributed by atoms with Gasteiger partial charge in [-0.3, -0.25) is 5.32 Å². The van der Waals surface area contributed by atoms with E-state index in [4.69, 9.17) is 5.11 Å². The fourth-order valence-corrected chi connectivity index (χ4v) is 1.44. The smallest absolute Gasteiger partial charge is 0.394 e. The molecule has 0 amide bonds. The van der Waals surface area contributed by atoms with Crippen LogP contribution in [0, 0.1) is 0 Å². The molecule has 0 saturated carbocycles. The number of nitrogens with one attached hydrogen (secondary N) is 1. The van der Waals surface area contributed by atoms with Crippen LogP contribution < -0.4 is 5.32 Å². The van der Waals surface area contributed by atoms with Gasteiger partial charge in [-0.1, -0.05) is 30.3 Å². The second-order valence-electron chi connectivity index (χ2n) is 4.57. The monoisotopic (exact) mass is 247 g/mol. The molecule has 5 heteroatoms. The Morgan fingerprint density at radius 3 is 2.12 bits per heavy atom. The molecule has 1 unspecified atom stereocenters. The summed E-state index contributed by atoms with van der Waals surface area (Å²) in [4.78, 5) is 0. The van der Waals surface area contributed by atoms with Crippen molar-refractivity contribution in [2.75, 3.05) is 6.61 Å². The number of aliphatic hydroxyl groups is 1. The molecule has 0 aliphatic heterocycles. The summed E-state index contributed by atoms with van der Waals surface area (Å²) in [5.74, 6) is 0. The first kappa shape index (κ1) is 14.0. The molecule has 0 saturated heterocycles. The minimum atomic E-state index is -4.40. The summed E-state index contributed by atoms with van der Waals surface area (Å²) in [6.07, 6.45) is -4.40. The van der Waals surface area contributed by atoms with Crippen LogP contribution in [0.15, 0.2) is 30.3 Å². The fraction of sp³-hybridized carbons (Fsp3) is 0.500. The van der Waals surface area contributed by atoms with Gasteiger partial charge in [0.15, 0.2) is 0 Å². The van der Waals surface area contributed by atoms with Gasteiger partial charge in [0.2, 0.25) is 0 Å². The molecule has 2 N–H and O–H groups in total. The van der Waals surface area contributed by atoms with Gasteiger partial charge >= 0.3 is 6.18 Å². The first-order chi connectivity index (χ1) is 7.76. The SMILES string of the molecule is CC(C)(CO)NC(c1ccccc1)C(F)(F)F. The van der Waals surface area contributed by atoms with Crippen LogP contribution in [0.3, 0.4) is 0 Å². The van der Waals surface area contributed by atoms with Crippen molar-refractivity contribution >= 4 is 0 Å². The molecule has 1 aromatic carbocycles. The maximum absolute atomic E-state index is 12.9. The summed E-state index contributed by atoms with van der Waals surface area (Å²) >= 11 is 0. The second-order valence-corrected chi connectivity index (χ2v) is 4.57. The Hall–Kier alpha value is -1.07. The molecule has 0 heterocycles. The van der Waals surface area contributed by atoms with Crippen molar-refractivity contribution in [3.05, 3.63) is 35.9 Å². The van der Waals surface area contributed by atoms with E-state index in [2.05, 4.69) is 5.32 Å². The lowest BCUT2D eigenvalue weighted by molar-refractivity contribution is -0.163. The minimum absolute atomic E-state index is 0.140. The molecule has 0 aromatic heterocycles. The molecule has 0 aliphatic rings. The third-order valence-corrected chi connectivity index (χ3v) is 2.39. The van der Waals surface area contributed by atoms with Gasteiger partial charge in [-0.15, -0.1) is 0 Å². The largest absolute Gasteiger partial charge is 0.407 e. The molecule has 0 fully saturated rings. The molecular weight excluding hydrogens is 231 g/mol. The lowest BCUT2D eigenvalue weighted by atomic mass is 10.0. The fourth-order valence-electron chi connectivity index (χ4n) is 1.44. The first-order valence-corrected chi connectivity index (χ1v) is 5.26. The molecule has 1 atom stereocenters. The number of aliphatic hydroxyl groups excluding tert-OH is 1. The van der Waals surface area contributed by atoms with Crippen molar-refractivity contribution in [2.24, 2.45) is 0 Å². The van der Waals surface area contributed by atoms with Crippen LogP contribution >= 0.6 is 0 Å². The standard InChI is InChI=1S/C12H16F3NO/c1-11(2,8-17)16-10(12(13,14)15)9-6-4-3-5-7-9/h3-7,10,16-17H,8H2,1-2H3. The Morgan fingerprint density at radius 1 is 1.18 bits per heavy atom. The van der Waals surface area contributed by atoms with E-state index in [1.54, 1.807) is 18.2 Å². The molecule has 0 bridgehead atoms. The van der Waals surface area contributed by atoms with Crippen molar-refractivity contribution in [1.29, 1.82) is 0 Å². The third kappa shape index (κ3) is 4.02. The van der Waals surface area contributed by atoms with Crippen molar-refractivity contribution in [3.63, 3.8) is 0 Å². The summed E-state index contributed by atoms with van der Waals surface area (Å²) in [5, 5.41) is 11.4. The molecule has 0 aliphatic carbocycles. The van der Waals surface area contributed by atoms with Crippen LogP contribution in [0.5, 0.6) is 0 Å². The Kier molecular flexibility index (Phi) is 4.16. The first-order valence-electron chi connectivity index (χ1n) is 5.26. The maximum Gasteiger partial charge on any atom is 0.407 e. The second kappa shape index (κ2) is 5.06. The topological polar surface area (TPSA) is 32.3 Å². The van der Waals surface area contributed by atoms with E-state index in [1.807, 2.05) is 0 Å². The van der Waals surface area contributed by atoms with Gasteiger partial charge in [0.1, 0.15) is 6.04 Å². The summed E-state index contributed by atoms with van der Waals surface area (Å²) in [7, 11) is 0. The van der Waals surface area contributed by atoms with Gasteiger partial charge in [0.05, 0.1) is 6.61 Å². The van der Waals surface area contributed by atoms with E-state index in [1.165, 1.54) is 26.0 Å². The summed E-state index contributed by atoms with van der Waals surface area (Å²) in [5.41, 5.74) is -0.850. The molecular formula is C12H16F3NO. The van der Waals surface area contributed by atoms with Gasteiger partial charge < -0.3 is 5.11 Å². The molecule has 17 heavy (non-hydrogen) atoms. The normalized spacial score (nSPS) is 14.7. The lowest BCUT2D eigenvalue weighted by Gasteiger charge is -2.31. The number of alkyl halides is 3. The Labute approximate surface area is 98.5 Å². The minimum Gasteiger partial charge on any atom is -0.394 e. The highest BCUT2D eigenvalue weighted by Gasteiger charge is 2.43. The van der Waals surface area contributed by atoms with Crippen LogP contribution in [-0.2, 0) is 0 Å². The zero-order valence-corrected chi connectivity index (χ0v) is 9.75. The number of halogens is 3. The summed E-state index contributed by atoms with van der Waals surface area (Å²) in [6.45, 7) is 2.68. The number of hydrogen-bond donors (Lipinski definition) is 2. The average Bonchev–Trinajstić information content (AvgIpc) is 2.26. The van der Waals surface area contributed by atoms with Crippen molar-refractivity contribution in [3.8, 4) is 0 Å². The van der Waals surface area contributed by atoms with E-state index in [9.17, 15) is 13.2 Å². The Morgan fingerprint density at radius 2 is 1.71 bits per heavy atom. The van der Waals surface area contributed by atoms with Crippen LogP contribution in [0.25, 0.3) is 0 Å². The zero-order chi connectivity index (χ0) is 13.1. The van der Waals surface area contributed by atoms with E-state index in [-0.39, 0.29) is 12.2 Å². The highest BCUT2D eigenvalue weighted by Crippen LogP contribution is 2.33. The third-order valence-electron chi connectivity index (χ3n) is 2.39. The van der Waals surface area contributed by atoms with E-state index < -0.39 is 17.8 Å². The van der Waals surface area contributed by atoms with E-state index in [0.29, 0.717) is 0 Å². The average molecular weight is 247 g/mol. The molecule has 2 nitrogen and oxygen atoms in total. The predicted octanol–water partition coefficient (Wildman–Crippen LogP) is 2.65. The Balaban J connectivity index is 2.99. The number of rotatable bonds is 4. The van der Waals surface area contributed by atoms with Crippen molar-refractivity contribution in [1.82, 2.24) is 5.32 Å². The van der Waals surface area contributed by atoms with E-state index >= 15 is 0 Å². The van der Waals surface area contributed by atoms with Crippen LogP contribution in [-0.4, -0.2) is 23.4 Å². The maximum atomic E-state index is 12.9. The van der Waals surface area contributed by atoms with Gasteiger partial charge in [-0.05, 0) is 19.4 Å². The number of hydrogen-bond acceptors (Lipinski definition) is 2. The zero-order valence-electron chi connectivity index (χ0n) is 9.75.